The number of nitrogens with zero attached hydrogens (tertiary/aromatic N) is 6. The van der Waals surface area contributed by atoms with Crippen LogP contribution in [0.5, 0.6) is 0 Å². The maximum atomic E-state index is 12.9. The van der Waals surface area contributed by atoms with Gasteiger partial charge in [0.15, 0.2) is 11.6 Å². The van der Waals surface area contributed by atoms with Crippen molar-refractivity contribution in [2.75, 3.05) is 15.5 Å². The monoisotopic (exact) mass is 945 g/mol. The van der Waals surface area contributed by atoms with Gasteiger partial charge in [-0.25, -0.2) is 0 Å². The number of benzene rings is 7. The van der Waals surface area contributed by atoms with Gasteiger partial charge in [0.1, 0.15) is 16.7 Å². The van der Waals surface area contributed by atoms with Gasteiger partial charge in [0.2, 0.25) is 0 Å². The molecule has 10 heteroatoms. The molecule has 0 aliphatic rings. The molecule has 0 saturated heterocycles. The van der Waals surface area contributed by atoms with E-state index in [-0.39, 0.29) is 11.6 Å². The topological polar surface area (TPSA) is 110 Å². The molecule has 7 aromatic carbocycles. The average Bonchev–Trinajstić information content (AvgIpc) is 3.82. The van der Waals surface area contributed by atoms with Gasteiger partial charge in [0, 0.05) is 81.6 Å². The molecule has 0 saturated carbocycles. The van der Waals surface area contributed by atoms with E-state index in [4.69, 9.17) is 28.4 Å². The number of carbonyl (C=O) groups is 2. The highest BCUT2D eigenvalue weighted by molar-refractivity contribution is 7.47. The fraction of sp³-hybridized carbons (Fsp3) is 0.267. The standard InChI is InChI=1S/C60H63N7O2S/c1-5-9-18-42(8-4)41-65-62-59-55(45-29-37-51(38-30-45)66(47-19-14-12-15-20-47)49-33-25-43(26-34-49)53(68)23-10-6-2)57(61)58(64-70)56(60(59)63-65)46-31-39-52(40-32-46)67(48-21-16-13-17-22-48)50-35-27-44(28-36-50)54(69)24-11-7-3/h12-17,19-22,25-40,42H,5-11,18,23-24,41,61H2,1-4H3. The molecular formula is C60H63N7O2S. The van der Waals surface area contributed by atoms with Crippen LogP contribution in [0.15, 0.2) is 162 Å². The third-order valence-corrected chi connectivity index (χ3v) is 13.4. The molecule has 1 heterocycles. The van der Waals surface area contributed by atoms with Gasteiger partial charge in [0.25, 0.3) is 0 Å². The Labute approximate surface area is 418 Å². The molecule has 8 rings (SSSR count). The van der Waals surface area contributed by atoms with Gasteiger partial charge >= 0.3 is 0 Å². The highest BCUT2D eigenvalue weighted by atomic mass is 32.1. The number of fused-ring (bicyclic) bond motifs is 1. The van der Waals surface area contributed by atoms with E-state index in [1.807, 2.05) is 89.7 Å². The zero-order chi connectivity index (χ0) is 49.0. The molecular weight excluding hydrogens is 883 g/mol. The first kappa shape index (κ1) is 49.1. The van der Waals surface area contributed by atoms with Crippen LogP contribution in [0, 0.1) is 5.92 Å². The van der Waals surface area contributed by atoms with Gasteiger partial charge in [0.05, 0.1) is 12.2 Å². The van der Waals surface area contributed by atoms with Crippen molar-refractivity contribution in [2.24, 2.45) is 10.3 Å². The molecule has 0 fully saturated rings. The molecule has 0 aliphatic carbocycles. The minimum Gasteiger partial charge on any atom is -0.396 e. The van der Waals surface area contributed by atoms with Crippen molar-refractivity contribution in [3.8, 4) is 22.3 Å². The number of carbonyl (C=O) groups excluding carboxylic acids is 2. The molecule has 1 aromatic heterocycles. The van der Waals surface area contributed by atoms with Crippen LogP contribution in [0.3, 0.4) is 0 Å². The molecule has 8 aromatic rings. The zero-order valence-corrected chi connectivity index (χ0v) is 41.7. The third kappa shape index (κ3) is 10.9. The number of para-hydroxylation sites is 2. The van der Waals surface area contributed by atoms with E-state index < -0.39 is 0 Å². The average molecular weight is 946 g/mol. The number of hydrogen-bond acceptors (Lipinski definition) is 9. The molecule has 9 nitrogen and oxygen atoms in total. The van der Waals surface area contributed by atoms with Crippen LogP contribution < -0.4 is 15.5 Å². The quantitative estimate of drug-likeness (QED) is 0.0499. The van der Waals surface area contributed by atoms with Crippen molar-refractivity contribution in [1.82, 2.24) is 15.0 Å². The molecule has 2 N–H and O–H groups in total. The van der Waals surface area contributed by atoms with E-state index in [0.29, 0.717) is 47.7 Å². The maximum absolute atomic E-state index is 12.9. The van der Waals surface area contributed by atoms with Crippen molar-refractivity contribution in [3.63, 3.8) is 0 Å². The van der Waals surface area contributed by atoms with Gasteiger partial charge in [-0.05, 0) is 133 Å². The fourth-order valence-corrected chi connectivity index (χ4v) is 9.42. The lowest BCUT2D eigenvalue weighted by atomic mass is 9.93. The summed E-state index contributed by atoms with van der Waals surface area (Å²) in [6.45, 7) is 9.33. The Kier molecular flexibility index (Phi) is 16.4. The smallest absolute Gasteiger partial charge is 0.162 e. The van der Waals surface area contributed by atoms with Crippen molar-refractivity contribution in [3.05, 3.63) is 169 Å². The van der Waals surface area contributed by atoms with Crippen molar-refractivity contribution >= 4 is 80.5 Å². The number of ketones is 2. The number of aromatic nitrogens is 3. The summed E-state index contributed by atoms with van der Waals surface area (Å²) < 4.78 is 4.48. The minimum absolute atomic E-state index is 0.160. The maximum Gasteiger partial charge on any atom is 0.162 e. The number of nitrogens with two attached hydrogens (primary N) is 1. The molecule has 0 spiro atoms. The number of hydrogen-bond donors (Lipinski definition) is 1. The number of Topliss-reactive ketones (excluding diaryl/α,β-unsaturated/α-hetero) is 2. The van der Waals surface area contributed by atoms with Crippen LogP contribution in [0.4, 0.5) is 45.5 Å². The Bertz CT molecular complexity index is 3010. The van der Waals surface area contributed by atoms with E-state index in [9.17, 15) is 9.59 Å². The molecule has 0 aliphatic heterocycles. The van der Waals surface area contributed by atoms with E-state index in [0.717, 1.165) is 119 Å². The van der Waals surface area contributed by atoms with Crippen molar-refractivity contribution < 1.29 is 9.59 Å². The van der Waals surface area contributed by atoms with Crippen LogP contribution >= 0.6 is 0 Å². The molecule has 0 amide bonds. The normalized spacial score (nSPS) is 11.7. The van der Waals surface area contributed by atoms with Gasteiger partial charge < -0.3 is 15.5 Å². The van der Waals surface area contributed by atoms with Crippen LogP contribution in [0.1, 0.15) is 113 Å². The SMILES string of the molecule is CCCCC(=O)c1ccc(N(c2ccccc2)c2ccc(-c3c(N)c(N=S)c(-c4ccc(N(c5ccccc5)c5ccc(C(=O)CCCC)cc5)cc4)c4nn(CC(CC)CCCC)nc34)cc2)cc1. The predicted octanol–water partition coefficient (Wildman–Crippen LogP) is 16.6. The number of rotatable bonds is 23. The molecule has 1 atom stereocenters. The predicted molar refractivity (Wildman–Crippen MR) is 293 cm³/mol. The summed E-state index contributed by atoms with van der Waals surface area (Å²) in [5.41, 5.74) is 19.9. The van der Waals surface area contributed by atoms with E-state index in [2.05, 4.69) is 115 Å². The zero-order valence-electron chi connectivity index (χ0n) is 40.9. The van der Waals surface area contributed by atoms with Crippen molar-refractivity contribution in [1.29, 1.82) is 0 Å². The first-order valence-corrected chi connectivity index (χ1v) is 25.3. The summed E-state index contributed by atoms with van der Waals surface area (Å²) in [6.07, 6.45) is 9.18. The summed E-state index contributed by atoms with van der Waals surface area (Å²) >= 11 is 5.60. The Morgan fingerprint density at radius 2 is 0.929 bits per heavy atom. The van der Waals surface area contributed by atoms with E-state index in [1.165, 1.54) is 0 Å². The van der Waals surface area contributed by atoms with Crippen LogP contribution in [0.2, 0.25) is 0 Å². The summed E-state index contributed by atoms with van der Waals surface area (Å²) in [6, 6.07) is 52.8. The molecule has 0 radical (unpaired) electrons. The van der Waals surface area contributed by atoms with Crippen LogP contribution in [0.25, 0.3) is 33.3 Å². The first-order chi connectivity index (χ1) is 34.3. The highest BCUT2D eigenvalue weighted by Crippen LogP contribution is 2.48. The van der Waals surface area contributed by atoms with E-state index >= 15 is 0 Å². The summed E-state index contributed by atoms with van der Waals surface area (Å²) in [4.78, 5) is 32.0. The Balaban J connectivity index is 1.21. The van der Waals surface area contributed by atoms with Gasteiger partial charge in [-0.3, -0.25) is 9.59 Å². The Morgan fingerprint density at radius 1 is 0.543 bits per heavy atom. The molecule has 356 valence electrons. The van der Waals surface area contributed by atoms with Crippen LogP contribution in [-0.4, -0.2) is 26.6 Å². The van der Waals surface area contributed by atoms with Gasteiger partial charge in [-0.2, -0.15) is 19.4 Å². The molecule has 70 heavy (non-hydrogen) atoms. The first-order valence-electron chi connectivity index (χ1n) is 25.0. The summed E-state index contributed by atoms with van der Waals surface area (Å²) in [5.74, 6) is 0.731. The molecule has 0 bridgehead atoms. The number of nitrogen functional groups attached to an aromatic ring is 1. The van der Waals surface area contributed by atoms with Gasteiger partial charge in [-0.1, -0.05) is 120 Å². The third-order valence-electron chi connectivity index (χ3n) is 13.2. The molecule has 1 unspecified atom stereocenters. The second-order valence-corrected chi connectivity index (χ2v) is 18.2. The fourth-order valence-electron chi connectivity index (χ4n) is 9.23. The Hall–Kier alpha value is -7.30. The lowest BCUT2D eigenvalue weighted by Gasteiger charge is -2.26. The minimum atomic E-state index is 0.160. The largest absolute Gasteiger partial charge is 0.396 e. The van der Waals surface area contributed by atoms with E-state index in [1.54, 1.807) is 0 Å². The number of anilines is 7. The van der Waals surface area contributed by atoms with Gasteiger partial charge in [-0.15, -0.1) is 0 Å². The lowest BCUT2D eigenvalue weighted by Crippen LogP contribution is -2.12. The lowest BCUT2D eigenvalue weighted by molar-refractivity contribution is 0.0972. The van der Waals surface area contributed by atoms with Crippen LogP contribution in [-0.2, 0) is 19.0 Å². The Morgan fingerprint density at radius 3 is 1.33 bits per heavy atom. The number of unbranched alkanes of at least 4 members (excludes halogenated alkanes) is 3. The second-order valence-electron chi connectivity index (χ2n) is 18.1. The summed E-state index contributed by atoms with van der Waals surface area (Å²) in [5, 5.41) is 10.5. The summed E-state index contributed by atoms with van der Waals surface area (Å²) in [7, 11) is 0. The highest BCUT2D eigenvalue weighted by Gasteiger charge is 2.26. The second kappa shape index (κ2) is 23.3. The van der Waals surface area contributed by atoms with Crippen molar-refractivity contribution in [2.45, 2.75) is 98.4 Å².